The van der Waals surface area contributed by atoms with E-state index in [0.717, 1.165) is 5.56 Å². The van der Waals surface area contributed by atoms with Crippen LogP contribution in [-0.2, 0) is 15.1 Å². The van der Waals surface area contributed by atoms with Crippen molar-refractivity contribution in [1.82, 2.24) is 4.90 Å². The quantitative estimate of drug-likeness (QED) is 0.758. The zero-order valence-corrected chi connectivity index (χ0v) is 9.77. The Bertz CT molecular complexity index is 373. The van der Waals surface area contributed by atoms with Crippen LogP contribution in [0.3, 0.4) is 0 Å². The minimum atomic E-state index is -0.262. The van der Waals surface area contributed by atoms with Gasteiger partial charge in [0.05, 0.1) is 12.1 Å². The van der Waals surface area contributed by atoms with Crippen molar-refractivity contribution in [1.29, 1.82) is 0 Å². The summed E-state index contributed by atoms with van der Waals surface area (Å²) in [6.45, 7) is 5.65. The van der Waals surface area contributed by atoms with Crippen molar-refractivity contribution in [2.45, 2.75) is 19.4 Å². The van der Waals surface area contributed by atoms with Crippen LogP contribution in [-0.4, -0.2) is 30.6 Å². The van der Waals surface area contributed by atoms with Crippen molar-refractivity contribution in [2.75, 3.05) is 19.8 Å². The highest BCUT2D eigenvalue weighted by atomic mass is 16.5. The van der Waals surface area contributed by atoms with Crippen LogP contribution in [0.4, 0.5) is 0 Å². The Morgan fingerprint density at radius 1 is 1.25 bits per heavy atom. The highest BCUT2D eigenvalue weighted by Gasteiger charge is 2.33. The average Bonchev–Trinajstić information content (AvgIpc) is 2.30. The molecule has 1 fully saturated rings. The molecule has 1 amide bonds. The number of carbonyl (C=O) groups excluding carboxylic acids is 1. The van der Waals surface area contributed by atoms with E-state index in [0.29, 0.717) is 13.2 Å². The van der Waals surface area contributed by atoms with Crippen molar-refractivity contribution < 1.29 is 9.53 Å². The van der Waals surface area contributed by atoms with Gasteiger partial charge in [0.1, 0.15) is 6.61 Å². The van der Waals surface area contributed by atoms with E-state index in [1.807, 2.05) is 23.1 Å². The van der Waals surface area contributed by atoms with Crippen molar-refractivity contribution >= 4 is 5.91 Å². The van der Waals surface area contributed by atoms with Crippen molar-refractivity contribution in [3.63, 3.8) is 0 Å². The molecule has 16 heavy (non-hydrogen) atoms. The summed E-state index contributed by atoms with van der Waals surface area (Å²) in [7, 11) is 0. The first-order valence-electron chi connectivity index (χ1n) is 5.56. The van der Waals surface area contributed by atoms with E-state index in [-0.39, 0.29) is 18.1 Å². The molecule has 1 saturated heterocycles. The molecule has 1 aromatic rings. The van der Waals surface area contributed by atoms with E-state index < -0.39 is 0 Å². The normalized spacial score (nSPS) is 17.6. The van der Waals surface area contributed by atoms with Crippen molar-refractivity contribution in [3.05, 3.63) is 35.9 Å². The Hall–Kier alpha value is -1.35. The zero-order valence-electron chi connectivity index (χ0n) is 9.77. The Morgan fingerprint density at radius 2 is 1.94 bits per heavy atom. The molecular formula is C13H17NO2. The monoisotopic (exact) mass is 219 g/mol. The minimum absolute atomic E-state index is 0.0695. The van der Waals surface area contributed by atoms with Gasteiger partial charge in [0.2, 0.25) is 5.91 Å². The summed E-state index contributed by atoms with van der Waals surface area (Å²) in [5.41, 5.74) is 0.896. The maximum Gasteiger partial charge on any atom is 0.249 e. The first-order chi connectivity index (χ1) is 7.62. The highest BCUT2D eigenvalue weighted by Crippen LogP contribution is 2.28. The SMILES string of the molecule is CC(C)(c1ccccc1)N1CCOCC1=O. The smallest absolute Gasteiger partial charge is 0.249 e. The van der Waals surface area contributed by atoms with Gasteiger partial charge in [-0.1, -0.05) is 30.3 Å². The van der Waals surface area contributed by atoms with Gasteiger partial charge >= 0.3 is 0 Å². The number of rotatable bonds is 2. The van der Waals surface area contributed by atoms with Gasteiger partial charge in [0.25, 0.3) is 0 Å². The Labute approximate surface area is 96.0 Å². The van der Waals surface area contributed by atoms with Gasteiger partial charge in [0, 0.05) is 6.54 Å². The molecule has 0 aliphatic carbocycles. The van der Waals surface area contributed by atoms with Gasteiger partial charge in [-0.3, -0.25) is 4.79 Å². The third kappa shape index (κ3) is 1.95. The summed E-state index contributed by atoms with van der Waals surface area (Å²) in [6, 6.07) is 10.1. The Kier molecular flexibility index (Phi) is 2.97. The average molecular weight is 219 g/mol. The number of nitrogens with zero attached hydrogens (tertiary/aromatic N) is 1. The van der Waals surface area contributed by atoms with E-state index in [4.69, 9.17) is 4.74 Å². The number of hydrogen-bond acceptors (Lipinski definition) is 2. The second-order valence-corrected chi connectivity index (χ2v) is 4.52. The fraction of sp³-hybridized carbons (Fsp3) is 0.462. The second kappa shape index (κ2) is 4.26. The number of amides is 1. The second-order valence-electron chi connectivity index (χ2n) is 4.52. The summed E-state index contributed by atoms with van der Waals surface area (Å²) in [5, 5.41) is 0. The summed E-state index contributed by atoms with van der Waals surface area (Å²) in [5.74, 6) is 0.0695. The van der Waals surface area contributed by atoms with E-state index in [1.54, 1.807) is 0 Å². The molecule has 0 saturated carbocycles. The van der Waals surface area contributed by atoms with Gasteiger partial charge in [-0.2, -0.15) is 0 Å². The van der Waals surface area contributed by atoms with Crippen LogP contribution in [0.5, 0.6) is 0 Å². The van der Waals surface area contributed by atoms with E-state index in [9.17, 15) is 4.79 Å². The number of benzene rings is 1. The van der Waals surface area contributed by atoms with Crippen LogP contribution in [0, 0.1) is 0 Å². The van der Waals surface area contributed by atoms with Gasteiger partial charge < -0.3 is 9.64 Å². The fourth-order valence-electron chi connectivity index (χ4n) is 2.11. The molecule has 0 N–H and O–H groups in total. The molecule has 2 rings (SSSR count). The summed E-state index contributed by atoms with van der Waals surface area (Å²) in [4.78, 5) is 13.7. The molecular weight excluding hydrogens is 202 g/mol. The first-order valence-corrected chi connectivity index (χ1v) is 5.56. The fourth-order valence-corrected chi connectivity index (χ4v) is 2.11. The lowest BCUT2D eigenvalue weighted by Crippen LogP contribution is -2.51. The maximum absolute atomic E-state index is 11.8. The van der Waals surface area contributed by atoms with Crippen LogP contribution < -0.4 is 0 Å². The third-order valence-electron chi connectivity index (χ3n) is 3.14. The predicted molar refractivity (Wildman–Crippen MR) is 62.0 cm³/mol. The summed E-state index contributed by atoms with van der Waals surface area (Å²) >= 11 is 0. The molecule has 0 aromatic heterocycles. The van der Waals surface area contributed by atoms with E-state index in [2.05, 4.69) is 26.0 Å². The zero-order chi connectivity index (χ0) is 11.6. The molecule has 0 unspecified atom stereocenters. The Balaban J connectivity index is 2.27. The number of ether oxygens (including phenoxy) is 1. The minimum Gasteiger partial charge on any atom is -0.370 e. The van der Waals surface area contributed by atoms with Gasteiger partial charge in [0.15, 0.2) is 0 Å². The van der Waals surface area contributed by atoms with Crippen LogP contribution in [0.1, 0.15) is 19.4 Å². The molecule has 3 heteroatoms. The Morgan fingerprint density at radius 3 is 2.56 bits per heavy atom. The van der Waals surface area contributed by atoms with Gasteiger partial charge in [-0.05, 0) is 19.4 Å². The first kappa shape index (κ1) is 11.1. The van der Waals surface area contributed by atoms with Crippen LogP contribution in [0.25, 0.3) is 0 Å². The number of hydrogen-bond donors (Lipinski definition) is 0. The predicted octanol–water partition coefficient (Wildman–Crippen LogP) is 1.78. The van der Waals surface area contributed by atoms with E-state index in [1.165, 1.54) is 0 Å². The molecule has 1 aliphatic rings. The van der Waals surface area contributed by atoms with Crippen LogP contribution in [0.15, 0.2) is 30.3 Å². The van der Waals surface area contributed by atoms with E-state index >= 15 is 0 Å². The molecule has 0 spiro atoms. The standard InChI is InChI=1S/C13H17NO2/c1-13(2,11-6-4-3-5-7-11)14-8-9-16-10-12(14)15/h3-7H,8-10H2,1-2H3. The lowest BCUT2D eigenvalue weighted by atomic mass is 9.92. The molecule has 3 nitrogen and oxygen atoms in total. The largest absolute Gasteiger partial charge is 0.370 e. The van der Waals surface area contributed by atoms with Crippen LogP contribution >= 0.6 is 0 Å². The van der Waals surface area contributed by atoms with Crippen molar-refractivity contribution in [2.24, 2.45) is 0 Å². The highest BCUT2D eigenvalue weighted by molar-refractivity contribution is 5.79. The van der Waals surface area contributed by atoms with Gasteiger partial charge in [-0.15, -0.1) is 0 Å². The molecule has 1 heterocycles. The molecule has 0 bridgehead atoms. The molecule has 0 atom stereocenters. The van der Waals surface area contributed by atoms with Crippen LogP contribution in [0.2, 0.25) is 0 Å². The summed E-state index contributed by atoms with van der Waals surface area (Å²) < 4.78 is 5.15. The third-order valence-corrected chi connectivity index (χ3v) is 3.14. The van der Waals surface area contributed by atoms with Crippen molar-refractivity contribution in [3.8, 4) is 0 Å². The molecule has 86 valence electrons. The maximum atomic E-state index is 11.8. The molecule has 1 aromatic carbocycles. The lowest BCUT2D eigenvalue weighted by Gasteiger charge is -2.41. The number of carbonyl (C=O) groups is 1. The van der Waals surface area contributed by atoms with Gasteiger partial charge in [-0.25, -0.2) is 0 Å². The molecule has 1 aliphatic heterocycles. The topological polar surface area (TPSA) is 29.5 Å². The summed E-state index contributed by atoms with van der Waals surface area (Å²) in [6.07, 6.45) is 0. The lowest BCUT2D eigenvalue weighted by molar-refractivity contribution is -0.150. The number of morpholine rings is 1. The molecule has 0 radical (unpaired) electrons.